The number of fused-ring (bicyclic) bond motifs is 1. The molecular weight excluding hydrogens is 386 g/mol. The normalized spacial score (nSPS) is 19.9. The zero-order chi connectivity index (χ0) is 21.8. The Balaban J connectivity index is 1.38. The van der Waals surface area contributed by atoms with Crippen LogP contribution in [-0.4, -0.2) is 24.4 Å². The molecule has 2 atom stereocenters. The first-order chi connectivity index (χ1) is 15.0. The van der Waals surface area contributed by atoms with Gasteiger partial charge in [0.05, 0.1) is 12.0 Å². The summed E-state index contributed by atoms with van der Waals surface area (Å²) >= 11 is 0. The molecule has 2 aliphatic rings. The van der Waals surface area contributed by atoms with Crippen LogP contribution in [0.4, 0.5) is 0 Å². The number of nitrogens with one attached hydrogen (secondary N) is 3. The topological polar surface area (TPSA) is 70.2 Å². The van der Waals surface area contributed by atoms with E-state index >= 15 is 0 Å². The molecule has 1 aliphatic carbocycles. The third kappa shape index (κ3) is 4.94. The van der Waals surface area contributed by atoms with Gasteiger partial charge in [0.2, 0.25) is 5.91 Å². The first-order valence-electron chi connectivity index (χ1n) is 10.9. The summed E-state index contributed by atoms with van der Waals surface area (Å²) in [5.41, 5.74) is 12.5. The molecule has 5 nitrogen and oxygen atoms in total. The second-order valence-corrected chi connectivity index (χ2v) is 8.41. The van der Waals surface area contributed by atoms with E-state index in [9.17, 15) is 9.59 Å². The van der Waals surface area contributed by atoms with Crippen molar-refractivity contribution in [2.45, 2.75) is 39.2 Å². The number of carbonyl (C=O) groups excluding carboxylic acids is 2. The predicted octanol–water partition coefficient (Wildman–Crippen LogP) is 3.32. The summed E-state index contributed by atoms with van der Waals surface area (Å²) < 4.78 is 0. The van der Waals surface area contributed by atoms with Crippen molar-refractivity contribution in [3.05, 3.63) is 94.1 Å². The van der Waals surface area contributed by atoms with Crippen molar-refractivity contribution < 1.29 is 9.59 Å². The van der Waals surface area contributed by atoms with Crippen LogP contribution in [0.15, 0.2) is 66.3 Å². The molecule has 0 spiro atoms. The Morgan fingerprint density at radius 3 is 2.90 bits per heavy atom. The van der Waals surface area contributed by atoms with Crippen LogP contribution >= 0.6 is 0 Å². The van der Waals surface area contributed by atoms with Crippen molar-refractivity contribution in [3.8, 4) is 0 Å². The lowest BCUT2D eigenvalue weighted by Gasteiger charge is -2.34. The van der Waals surface area contributed by atoms with Gasteiger partial charge in [-0.05, 0) is 67.5 Å². The van der Waals surface area contributed by atoms with E-state index in [1.165, 1.54) is 16.7 Å². The maximum Gasteiger partial charge on any atom is 0.251 e. The maximum absolute atomic E-state index is 12.7. The molecule has 0 saturated carbocycles. The number of carbonyl (C=O) groups is 2. The van der Waals surface area contributed by atoms with Crippen LogP contribution in [0.3, 0.4) is 0 Å². The molecule has 0 radical (unpaired) electrons. The highest BCUT2D eigenvalue weighted by molar-refractivity contribution is 5.94. The summed E-state index contributed by atoms with van der Waals surface area (Å²) in [5, 5.41) is 3.04. The van der Waals surface area contributed by atoms with Gasteiger partial charge in [0, 0.05) is 12.1 Å². The zero-order valence-electron chi connectivity index (χ0n) is 18.1. The van der Waals surface area contributed by atoms with Crippen molar-refractivity contribution in [3.63, 3.8) is 0 Å². The molecule has 3 N–H and O–H groups in total. The van der Waals surface area contributed by atoms with Gasteiger partial charge in [-0.3, -0.25) is 15.0 Å². The van der Waals surface area contributed by atoms with Gasteiger partial charge in [0.1, 0.15) is 0 Å². The van der Waals surface area contributed by atoms with E-state index in [0.717, 1.165) is 24.0 Å². The average molecular weight is 416 g/mol. The van der Waals surface area contributed by atoms with Gasteiger partial charge in [-0.1, -0.05) is 54.1 Å². The number of hydrogen-bond acceptors (Lipinski definition) is 3. The molecule has 2 aromatic rings. The SMILES string of the molecule is Cc1ccc(C)c(CCNC(=O)c2cccc(CC3NNC(=O)C4CC=CC=C34)c2)c1. The van der Waals surface area contributed by atoms with Gasteiger partial charge in [-0.2, -0.15) is 0 Å². The molecule has 1 heterocycles. The minimum Gasteiger partial charge on any atom is -0.352 e. The number of amides is 2. The molecule has 2 unspecified atom stereocenters. The van der Waals surface area contributed by atoms with Crippen molar-refractivity contribution in [1.82, 2.24) is 16.2 Å². The van der Waals surface area contributed by atoms with E-state index < -0.39 is 0 Å². The first kappa shape index (κ1) is 21.1. The van der Waals surface area contributed by atoms with E-state index in [0.29, 0.717) is 18.5 Å². The van der Waals surface area contributed by atoms with E-state index in [1.807, 2.05) is 42.5 Å². The van der Waals surface area contributed by atoms with Gasteiger partial charge in [-0.25, -0.2) is 5.43 Å². The molecule has 0 aromatic heterocycles. The number of rotatable bonds is 6. The Labute approximate surface area is 183 Å². The molecule has 1 aliphatic heterocycles. The number of benzene rings is 2. The summed E-state index contributed by atoms with van der Waals surface area (Å²) in [7, 11) is 0. The van der Waals surface area contributed by atoms with Crippen LogP contribution < -0.4 is 16.2 Å². The standard InChI is InChI=1S/C26H29N3O2/c1-17-10-11-18(2)20(14-17)12-13-27-25(30)21-7-5-6-19(15-21)16-24-22-8-3-4-9-23(22)26(31)29-28-24/h3-8,10-11,14-15,23-24,28H,9,12-13,16H2,1-2H3,(H,27,30)(H,29,31). The highest BCUT2D eigenvalue weighted by Crippen LogP contribution is 2.28. The molecule has 2 amide bonds. The van der Waals surface area contributed by atoms with Crippen LogP contribution in [0, 0.1) is 19.8 Å². The van der Waals surface area contributed by atoms with Gasteiger partial charge in [-0.15, -0.1) is 0 Å². The minimum absolute atomic E-state index is 0.0174. The lowest BCUT2D eigenvalue weighted by atomic mass is 9.82. The van der Waals surface area contributed by atoms with Crippen molar-refractivity contribution in [2.75, 3.05) is 6.54 Å². The second-order valence-electron chi connectivity index (χ2n) is 8.41. The Morgan fingerprint density at radius 2 is 2.03 bits per heavy atom. The number of hydrazine groups is 1. The lowest BCUT2D eigenvalue weighted by Crippen LogP contribution is -2.55. The molecule has 31 heavy (non-hydrogen) atoms. The highest BCUT2D eigenvalue weighted by atomic mass is 16.2. The summed E-state index contributed by atoms with van der Waals surface area (Å²) in [4.78, 5) is 24.8. The molecule has 4 rings (SSSR count). The smallest absolute Gasteiger partial charge is 0.251 e. The van der Waals surface area contributed by atoms with Gasteiger partial charge in [0.25, 0.3) is 5.91 Å². The molecule has 160 valence electrons. The molecular formula is C26H29N3O2. The fourth-order valence-electron chi connectivity index (χ4n) is 4.32. The second kappa shape index (κ2) is 9.31. The van der Waals surface area contributed by atoms with Crippen molar-refractivity contribution in [2.24, 2.45) is 5.92 Å². The van der Waals surface area contributed by atoms with Crippen molar-refractivity contribution >= 4 is 11.8 Å². The third-order valence-corrected chi connectivity index (χ3v) is 6.10. The minimum atomic E-state index is -0.104. The van der Waals surface area contributed by atoms with E-state index in [-0.39, 0.29) is 23.8 Å². The summed E-state index contributed by atoms with van der Waals surface area (Å²) in [6.07, 6.45) is 8.33. The molecule has 2 aromatic carbocycles. The highest BCUT2D eigenvalue weighted by Gasteiger charge is 2.33. The van der Waals surface area contributed by atoms with Crippen LogP contribution in [0.1, 0.15) is 39.0 Å². The molecule has 5 heteroatoms. The van der Waals surface area contributed by atoms with Crippen LogP contribution in [0.2, 0.25) is 0 Å². The maximum atomic E-state index is 12.7. The number of hydrogen-bond donors (Lipinski definition) is 3. The summed E-state index contributed by atoms with van der Waals surface area (Å²) in [6, 6.07) is 14.2. The Morgan fingerprint density at radius 1 is 1.16 bits per heavy atom. The molecule has 1 saturated heterocycles. The van der Waals surface area contributed by atoms with Gasteiger partial charge < -0.3 is 5.32 Å². The third-order valence-electron chi connectivity index (χ3n) is 6.10. The average Bonchev–Trinajstić information content (AvgIpc) is 2.78. The van der Waals surface area contributed by atoms with Gasteiger partial charge in [0.15, 0.2) is 0 Å². The Kier molecular flexibility index (Phi) is 6.33. The van der Waals surface area contributed by atoms with Crippen molar-refractivity contribution in [1.29, 1.82) is 0 Å². The number of allylic oxidation sites excluding steroid dienone is 3. The van der Waals surface area contributed by atoms with Gasteiger partial charge >= 0.3 is 0 Å². The fourth-order valence-corrected chi connectivity index (χ4v) is 4.32. The Hall–Kier alpha value is -3.18. The predicted molar refractivity (Wildman–Crippen MR) is 122 cm³/mol. The van der Waals surface area contributed by atoms with Crippen LogP contribution in [0.25, 0.3) is 0 Å². The number of aryl methyl sites for hydroxylation is 2. The first-order valence-corrected chi connectivity index (χ1v) is 10.9. The zero-order valence-corrected chi connectivity index (χ0v) is 18.1. The monoisotopic (exact) mass is 415 g/mol. The van der Waals surface area contributed by atoms with Crippen LogP contribution in [0.5, 0.6) is 0 Å². The van der Waals surface area contributed by atoms with E-state index in [1.54, 1.807) is 0 Å². The largest absolute Gasteiger partial charge is 0.352 e. The fraction of sp³-hybridized carbons (Fsp3) is 0.308. The van der Waals surface area contributed by atoms with Crippen LogP contribution in [-0.2, 0) is 17.6 Å². The van der Waals surface area contributed by atoms with E-state index in [2.05, 4.69) is 48.2 Å². The molecule has 0 bridgehead atoms. The Bertz CT molecular complexity index is 1050. The molecule has 1 fully saturated rings. The quantitative estimate of drug-likeness (QED) is 0.678. The summed E-state index contributed by atoms with van der Waals surface area (Å²) in [6.45, 7) is 4.79. The van der Waals surface area contributed by atoms with E-state index in [4.69, 9.17) is 0 Å². The summed E-state index contributed by atoms with van der Waals surface area (Å²) in [5.74, 6) is -0.147. The lowest BCUT2D eigenvalue weighted by molar-refractivity contribution is -0.126.